The fraction of sp³-hybridized carbons (Fsp3) is 1.00. The molecule has 1 atom stereocenters. The molecule has 0 aromatic carbocycles. The van der Waals surface area contributed by atoms with Crippen molar-refractivity contribution in [3.63, 3.8) is 0 Å². The van der Waals surface area contributed by atoms with Crippen LogP contribution in [0.5, 0.6) is 0 Å². The number of hydrogen-bond donors (Lipinski definition) is 1. The molecule has 0 saturated carbocycles. The molecule has 0 amide bonds. The predicted octanol–water partition coefficient (Wildman–Crippen LogP) is 1.37. The van der Waals surface area contributed by atoms with Crippen molar-refractivity contribution in [2.24, 2.45) is 5.92 Å². The molecule has 1 unspecified atom stereocenters. The molecule has 0 fully saturated rings. The molecule has 0 bridgehead atoms. The fourth-order valence-electron chi connectivity index (χ4n) is 0.588. The van der Waals surface area contributed by atoms with Crippen LogP contribution in [0.1, 0.15) is 13.3 Å². The summed E-state index contributed by atoms with van der Waals surface area (Å²) in [5.41, 5.74) is 0. The number of aliphatic hydroxyl groups is 1. The maximum Gasteiger partial charge on any atom is 0.0433 e. The van der Waals surface area contributed by atoms with Crippen molar-refractivity contribution in [3.05, 3.63) is 0 Å². The monoisotopic (exact) mass is 134 g/mol. The van der Waals surface area contributed by atoms with E-state index in [1.807, 2.05) is 11.8 Å². The van der Waals surface area contributed by atoms with Gasteiger partial charge in [0.2, 0.25) is 0 Å². The molecule has 8 heavy (non-hydrogen) atoms. The molecular formula is C6H14OS. The van der Waals surface area contributed by atoms with Crippen molar-refractivity contribution in [1.29, 1.82) is 0 Å². The van der Waals surface area contributed by atoms with Crippen molar-refractivity contribution < 1.29 is 5.11 Å². The second kappa shape index (κ2) is 5.45. The van der Waals surface area contributed by atoms with E-state index < -0.39 is 0 Å². The fourth-order valence-corrected chi connectivity index (χ4v) is 1.32. The quantitative estimate of drug-likeness (QED) is 0.626. The Balaban J connectivity index is 2.92. The molecule has 0 heterocycles. The van der Waals surface area contributed by atoms with E-state index in [4.69, 9.17) is 5.11 Å². The smallest absolute Gasteiger partial charge is 0.0433 e. The Hall–Kier alpha value is 0.310. The molecule has 1 nitrogen and oxygen atoms in total. The Bertz CT molecular complexity index is 41.8. The van der Waals surface area contributed by atoms with Crippen LogP contribution in [-0.4, -0.2) is 23.7 Å². The Morgan fingerprint density at radius 2 is 2.25 bits per heavy atom. The number of aliphatic hydroxyl groups excluding tert-OH is 1. The lowest BCUT2D eigenvalue weighted by Gasteiger charge is -2.04. The molecule has 50 valence electrons. The topological polar surface area (TPSA) is 20.2 Å². The third kappa shape index (κ3) is 4.47. The highest BCUT2D eigenvalue weighted by Gasteiger charge is 1.96. The van der Waals surface area contributed by atoms with E-state index in [1.54, 1.807) is 0 Å². The molecule has 0 aliphatic rings. The van der Waals surface area contributed by atoms with Crippen LogP contribution < -0.4 is 0 Å². The van der Waals surface area contributed by atoms with E-state index in [1.165, 1.54) is 5.75 Å². The first-order chi connectivity index (χ1) is 3.81. The summed E-state index contributed by atoms with van der Waals surface area (Å²) in [7, 11) is 0. The second-order valence-electron chi connectivity index (χ2n) is 2.07. The third-order valence-electron chi connectivity index (χ3n) is 1.07. The van der Waals surface area contributed by atoms with Gasteiger partial charge in [0.05, 0.1) is 0 Å². The molecule has 1 N–H and O–H groups in total. The van der Waals surface area contributed by atoms with Gasteiger partial charge in [-0.25, -0.2) is 0 Å². The second-order valence-corrected chi connectivity index (χ2v) is 2.98. The molecule has 0 rings (SSSR count). The van der Waals surface area contributed by atoms with Crippen molar-refractivity contribution in [3.8, 4) is 0 Å². The zero-order valence-electron chi connectivity index (χ0n) is 5.55. The lowest BCUT2D eigenvalue weighted by molar-refractivity contribution is 0.269. The Labute approximate surface area is 55.5 Å². The van der Waals surface area contributed by atoms with E-state index in [9.17, 15) is 0 Å². The van der Waals surface area contributed by atoms with E-state index in [0.717, 1.165) is 6.42 Å². The van der Waals surface area contributed by atoms with Gasteiger partial charge < -0.3 is 5.11 Å². The van der Waals surface area contributed by atoms with Gasteiger partial charge in [-0.2, -0.15) is 11.8 Å². The van der Waals surface area contributed by atoms with Gasteiger partial charge >= 0.3 is 0 Å². The minimum atomic E-state index is 0.335. The van der Waals surface area contributed by atoms with Crippen LogP contribution >= 0.6 is 11.8 Å². The third-order valence-corrected chi connectivity index (χ3v) is 1.98. The molecule has 0 aliphatic heterocycles. The maximum atomic E-state index is 8.45. The van der Waals surface area contributed by atoms with E-state index in [-0.39, 0.29) is 0 Å². The standard InChI is InChI=1S/C6H14OS/c1-6(3-4-7)5-8-2/h6-7H,3-5H2,1-2H3. The molecule has 0 spiro atoms. The minimum Gasteiger partial charge on any atom is -0.396 e. The van der Waals surface area contributed by atoms with Crippen LogP contribution in [0.4, 0.5) is 0 Å². The Morgan fingerprint density at radius 1 is 1.62 bits per heavy atom. The van der Waals surface area contributed by atoms with Crippen molar-refractivity contribution in [2.45, 2.75) is 13.3 Å². The van der Waals surface area contributed by atoms with Crippen LogP contribution in [0.2, 0.25) is 0 Å². The molecule has 2 heteroatoms. The summed E-state index contributed by atoms with van der Waals surface area (Å²) < 4.78 is 0. The SMILES string of the molecule is CSCC(C)CCO. The summed E-state index contributed by atoms with van der Waals surface area (Å²) in [6, 6.07) is 0. The van der Waals surface area contributed by atoms with Crippen LogP contribution in [0.15, 0.2) is 0 Å². The summed E-state index contributed by atoms with van der Waals surface area (Å²) in [6.45, 7) is 2.49. The van der Waals surface area contributed by atoms with E-state index in [0.29, 0.717) is 12.5 Å². The molecule has 0 aromatic heterocycles. The summed E-state index contributed by atoms with van der Waals surface area (Å²) in [5.74, 6) is 1.84. The zero-order chi connectivity index (χ0) is 6.41. The van der Waals surface area contributed by atoms with Crippen LogP contribution in [0.25, 0.3) is 0 Å². The largest absolute Gasteiger partial charge is 0.396 e. The zero-order valence-corrected chi connectivity index (χ0v) is 6.37. The van der Waals surface area contributed by atoms with Gasteiger partial charge in [-0.05, 0) is 24.3 Å². The van der Waals surface area contributed by atoms with Gasteiger partial charge in [0, 0.05) is 6.61 Å². The molecule has 0 aliphatic carbocycles. The van der Waals surface area contributed by atoms with Gasteiger partial charge in [-0.1, -0.05) is 6.92 Å². The van der Waals surface area contributed by atoms with Crippen molar-refractivity contribution in [2.75, 3.05) is 18.6 Å². The average Bonchev–Trinajstić information content (AvgIpc) is 1.68. The van der Waals surface area contributed by atoms with E-state index >= 15 is 0 Å². The highest BCUT2D eigenvalue weighted by molar-refractivity contribution is 7.98. The number of rotatable bonds is 4. The molecule has 0 aromatic rings. The first kappa shape index (κ1) is 8.31. The van der Waals surface area contributed by atoms with Crippen LogP contribution in [0.3, 0.4) is 0 Å². The summed E-state index contributed by atoms with van der Waals surface area (Å²) in [5, 5.41) is 8.45. The van der Waals surface area contributed by atoms with Gasteiger partial charge in [0.1, 0.15) is 0 Å². The summed E-state index contributed by atoms with van der Waals surface area (Å²) in [4.78, 5) is 0. The molecular weight excluding hydrogens is 120 g/mol. The first-order valence-corrected chi connectivity index (χ1v) is 4.30. The van der Waals surface area contributed by atoms with Crippen molar-refractivity contribution >= 4 is 11.8 Å². The predicted molar refractivity (Wildman–Crippen MR) is 39.2 cm³/mol. The normalized spacial score (nSPS) is 13.9. The molecule has 0 saturated heterocycles. The summed E-state index contributed by atoms with van der Waals surface area (Å²) in [6.07, 6.45) is 3.04. The first-order valence-electron chi connectivity index (χ1n) is 2.91. The van der Waals surface area contributed by atoms with E-state index in [2.05, 4.69) is 13.2 Å². The Morgan fingerprint density at radius 3 is 2.62 bits per heavy atom. The molecule has 0 radical (unpaired) electrons. The van der Waals surface area contributed by atoms with Gasteiger partial charge in [0.15, 0.2) is 0 Å². The minimum absolute atomic E-state index is 0.335. The van der Waals surface area contributed by atoms with Crippen LogP contribution in [-0.2, 0) is 0 Å². The average molecular weight is 134 g/mol. The maximum absolute atomic E-state index is 8.45. The lowest BCUT2D eigenvalue weighted by atomic mass is 10.1. The highest BCUT2D eigenvalue weighted by atomic mass is 32.2. The van der Waals surface area contributed by atoms with Crippen LogP contribution in [0, 0.1) is 5.92 Å². The Kier molecular flexibility index (Phi) is 5.66. The summed E-state index contributed by atoms with van der Waals surface area (Å²) >= 11 is 1.84. The lowest BCUT2D eigenvalue weighted by Crippen LogP contribution is -1.99. The number of hydrogen-bond acceptors (Lipinski definition) is 2. The van der Waals surface area contributed by atoms with Gasteiger partial charge in [0.25, 0.3) is 0 Å². The van der Waals surface area contributed by atoms with Gasteiger partial charge in [-0.3, -0.25) is 0 Å². The van der Waals surface area contributed by atoms with Gasteiger partial charge in [-0.15, -0.1) is 0 Å². The highest BCUT2D eigenvalue weighted by Crippen LogP contribution is 2.06. The number of thioether (sulfide) groups is 1. The van der Waals surface area contributed by atoms with Crippen molar-refractivity contribution in [1.82, 2.24) is 0 Å².